The van der Waals surface area contributed by atoms with Crippen LogP contribution in [0.2, 0.25) is 0 Å². The van der Waals surface area contributed by atoms with Crippen LogP contribution < -0.4 is 15.0 Å². The van der Waals surface area contributed by atoms with Crippen molar-refractivity contribution in [2.45, 2.75) is 5.37 Å². The average molecular weight is 376 g/mol. The first-order valence-electron chi connectivity index (χ1n) is 8.40. The molecule has 0 spiro atoms. The number of para-hydroxylation sites is 2. The molecule has 0 aromatic heterocycles. The minimum atomic E-state index is -0.654. The van der Waals surface area contributed by atoms with Crippen molar-refractivity contribution in [3.8, 4) is 11.5 Å². The van der Waals surface area contributed by atoms with E-state index in [1.165, 1.54) is 4.90 Å². The van der Waals surface area contributed by atoms with E-state index in [-0.39, 0.29) is 11.1 Å². The molecule has 1 aliphatic rings. The van der Waals surface area contributed by atoms with Crippen LogP contribution in [0.3, 0.4) is 0 Å². The molecular formula is C21H16N2O3S. The van der Waals surface area contributed by atoms with Gasteiger partial charge in [-0.15, -0.1) is 0 Å². The zero-order chi connectivity index (χ0) is 18.6. The fourth-order valence-electron chi connectivity index (χ4n) is 2.71. The molecule has 1 fully saturated rings. The first kappa shape index (κ1) is 17.2. The monoisotopic (exact) mass is 376 g/mol. The molecule has 134 valence electrons. The third-order valence-electron chi connectivity index (χ3n) is 3.99. The maximum Gasteiger partial charge on any atom is 0.295 e. The highest BCUT2D eigenvalue weighted by molar-refractivity contribution is 8.16. The van der Waals surface area contributed by atoms with Gasteiger partial charge in [0, 0.05) is 5.69 Å². The molecule has 1 aliphatic heterocycles. The number of carbonyl (C=O) groups excluding carboxylic acids is 2. The Kier molecular flexibility index (Phi) is 4.80. The van der Waals surface area contributed by atoms with Crippen LogP contribution in [0.5, 0.6) is 11.5 Å². The lowest BCUT2D eigenvalue weighted by Gasteiger charge is -2.15. The largest absolute Gasteiger partial charge is 0.457 e. The molecule has 6 heteroatoms. The van der Waals surface area contributed by atoms with Gasteiger partial charge in [-0.2, -0.15) is 0 Å². The van der Waals surface area contributed by atoms with Crippen LogP contribution in [-0.4, -0.2) is 16.5 Å². The minimum absolute atomic E-state index is 0.277. The molecule has 0 saturated carbocycles. The lowest BCUT2D eigenvalue weighted by molar-refractivity contribution is -0.116. The quantitative estimate of drug-likeness (QED) is 0.670. The molecule has 27 heavy (non-hydrogen) atoms. The number of nitrogens with zero attached hydrogens (tertiary/aromatic N) is 1. The number of ether oxygens (including phenoxy) is 1. The van der Waals surface area contributed by atoms with Gasteiger partial charge in [-0.25, -0.2) is 4.90 Å². The first-order chi connectivity index (χ1) is 13.2. The molecular weight excluding hydrogens is 360 g/mol. The molecule has 3 aromatic carbocycles. The van der Waals surface area contributed by atoms with E-state index in [1.807, 2.05) is 60.7 Å². The number of nitrogens with one attached hydrogen (secondary N) is 1. The highest BCUT2D eigenvalue weighted by Crippen LogP contribution is 2.32. The van der Waals surface area contributed by atoms with Gasteiger partial charge in [-0.05, 0) is 60.3 Å². The Morgan fingerprint density at radius 3 is 2.04 bits per heavy atom. The van der Waals surface area contributed by atoms with Crippen molar-refractivity contribution in [1.82, 2.24) is 0 Å². The molecule has 1 heterocycles. The molecule has 0 radical (unpaired) electrons. The van der Waals surface area contributed by atoms with E-state index < -0.39 is 5.37 Å². The summed E-state index contributed by atoms with van der Waals surface area (Å²) in [7, 11) is 0. The zero-order valence-corrected chi connectivity index (χ0v) is 15.1. The van der Waals surface area contributed by atoms with Crippen LogP contribution >= 0.6 is 11.8 Å². The molecule has 0 bridgehead atoms. The summed E-state index contributed by atoms with van der Waals surface area (Å²) in [6, 6.07) is 25.7. The second-order valence-corrected chi connectivity index (χ2v) is 6.91. The fraction of sp³-hybridized carbons (Fsp3) is 0.0476. The van der Waals surface area contributed by atoms with Gasteiger partial charge in [0.1, 0.15) is 11.5 Å². The second kappa shape index (κ2) is 7.55. The van der Waals surface area contributed by atoms with E-state index >= 15 is 0 Å². The number of anilines is 2. The van der Waals surface area contributed by atoms with Gasteiger partial charge in [0.05, 0.1) is 5.69 Å². The summed E-state index contributed by atoms with van der Waals surface area (Å²) in [5.41, 5.74) is 1.32. The van der Waals surface area contributed by atoms with Crippen molar-refractivity contribution >= 4 is 34.3 Å². The smallest absolute Gasteiger partial charge is 0.295 e. The SMILES string of the molecule is O=C1SC(Nc2ccc(Oc3ccccc3)cc2)C(=O)N1c1ccccc1. The Labute approximate surface area is 161 Å². The Morgan fingerprint density at radius 1 is 0.778 bits per heavy atom. The molecule has 1 unspecified atom stereocenters. The number of hydrogen-bond donors (Lipinski definition) is 1. The van der Waals surface area contributed by atoms with Gasteiger partial charge in [0.25, 0.3) is 11.1 Å². The van der Waals surface area contributed by atoms with Gasteiger partial charge in [-0.1, -0.05) is 36.4 Å². The van der Waals surface area contributed by atoms with Crippen molar-refractivity contribution in [3.05, 3.63) is 84.9 Å². The van der Waals surface area contributed by atoms with Crippen molar-refractivity contribution in [1.29, 1.82) is 0 Å². The molecule has 1 atom stereocenters. The number of carbonyl (C=O) groups is 2. The summed E-state index contributed by atoms with van der Waals surface area (Å²) < 4.78 is 5.75. The number of hydrogen-bond acceptors (Lipinski definition) is 5. The van der Waals surface area contributed by atoms with Crippen LogP contribution in [0.25, 0.3) is 0 Å². The van der Waals surface area contributed by atoms with Crippen LogP contribution in [0.15, 0.2) is 84.9 Å². The third-order valence-corrected chi connectivity index (χ3v) is 4.93. The molecule has 2 amide bonds. The predicted octanol–water partition coefficient (Wildman–Crippen LogP) is 5.12. The van der Waals surface area contributed by atoms with E-state index in [1.54, 1.807) is 24.3 Å². The molecule has 1 N–H and O–H groups in total. The predicted molar refractivity (Wildman–Crippen MR) is 107 cm³/mol. The molecule has 3 aromatic rings. The minimum Gasteiger partial charge on any atom is -0.457 e. The van der Waals surface area contributed by atoms with Crippen molar-refractivity contribution in [2.75, 3.05) is 10.2 Å². The van der Waals surface area contributed by atoms with E-state index in [2.05, 4.69) is 5.32 Å². The number of amides is 2. The van der Waals surface area contributed by atoms with E-state index in [4.69, 9.17) is 4.74 Å². The van der Waals surface area contributed by atoms with Gasteiger partial charge in [0.2, 0.25) is 0 Å². The Bertz CT molecular complexity index is 946. The van der Waals surface area contributed by atoms with Crippen LogP contribution in [-0.2, 0) is 4.79 Å². The number of benzene rings is 3. The highest BCUT2D eigenvalue weighted by Gasteiger charge is 2.40. The molecule has 1 saturated heterocycles. The van der Waals surface area contributed by atoms with E-state index in [9.17, 15) is 9.59 Å². The van der Waals surface area contributed by atoms with Crippen LogP contribution in [0, 0.1) is 0 Å². The summed E-state index contributed by atoms with van der Waals surface area (Å²) in [5.74, 6) is 1.17. The molecule has 0 aliphatic carbocycles. The topological polar surface area (TPSA) is 58.6 Å². The van der Waals surface area contributed by atoms with Gasteiger partial charge < -0.3 is 10.1 Å². The van der Waals surface area contributed by atoms with Crippen LogP contribution in [0.4, 0.5) is 16.2 Å². The number of imide groups is 1. The Balaban J connectivity index is 1.43. The lowest BCUT2D eigenvalue weighted by Crippen LogP contribution is -2.34. The van der Waals surface area contributed by atoms with Gasteiger partial charge in [-0.3, -0.25) is 9.59 Å². The van der Waals surface area contributed by atoms with E-state index in [0.29, 0.717) is 11.4 Å². The summed E-state index contributed by atoms with van der Waals surface area (Å²) in [4.78, 5) is 26.1. The number of rotatable bonds is 5. The molecule has 4 rings (SSSR count). The molecule has 5 nitrogen and oxygen atoms in total. The highest BCUT2D eigenvalue weighted by atomic mass is 32.2. The van der Waals surface area contributed by atoms with Crippen molar-refractivity contribution in [2.24, 2.45) is 0 Å². The Hall–Kier alpha value is -3.25. The summed E-state index contributed by atoms with van der Waals surface area (Å²) in [6.45, 7) is 0. The lowest BCUT2D eigenvalue weighted by atomic mass is 10.2. The van der Waals surface area contributed by atoms with Gasteiger partial charge in [0.15, 0.2) is 5.37 Å². The zero-order valence-electron chi connectivity index (χ0n) is 14.2. The Morgan fingerprint density at radius 2 is 1.37 bits per heavy atom. The maximum absolute atomic E-state index is 12.6. The van der Waals surface area contributed by atoms with Gasteiger partial charge >= 0.3 is 0 Å². The summed E-state index contributed by atoms with van der Waals surface area (Å²) in [6.07, 6.45) is 0. The summed E-state index contributed by atoms with van der Waals surface area (Å²) in [5, 5.41) is 2.17. The van der Waals surface area contributed by atoms with Crippen LogP contribution in [0.1, 0.15) is 0 Å². The first-order valence-corrected chi connectivity index (χ1v) is 9.28. The normalized spacial score (nSPS) is 16.4. The summed E-state index contributed by atoms with van der Waals surface area (Å²) >= 11 is 0.973. The van der Waals surface area contributed by atoms with Crippen molar-refractivity contribution < 1.29 is 14.3 Å². The average Bonchev–Trinajstić information content (AvgIpc) is 2.98. The van der Waals surface area contributed by atoms with E-state index in [0.717, 1.165) is 23.2 Å². The fourth-order valence-corrected chi connectivity index (χ4v) is 3.61. The number of thioether (sulfide) groups is 1. The third kappa shape index (κ3) is 3.80. The van der Waals surface area contributed by atoms with Crippen molar-refractivity contribution in [3.63, 3.8) is 0 Å². The standard InChI is InChI=1S/C21H16N2O3S/c24-20-19(27-21(25)23(20)16-7-3-1-4-8-16)22-15-11-13-18(14-12-15)26-17-9-5-2-6-10-17/h1-14,19,22H. The second-order valence-electron chi connectivity index (χ2n) is 5.86. The maximum atomic E-state index is 12.6.